The van der Waals surface area contributed by atoms with Crippen LogP contribution in [0.2, 0.25) is 0 Å². The van der Waals surface area contributed by atoms with Crippen LogP contribution in [-0.2, 0) is 11.8 Å². The van der Waals surface area contributed by atoms with Crippen LogP contribution in [0.5, 0.6) is 0 Å². The zero-order valence-corrected chi connectivity index (χ0v) is 30.1. The van der Waals surface area contributed by atoms with Gasteiger partial charge in [-0.05, 0) is 116 Å². The van der Waals surface area contributed by atoms with Crippen LogP contribution in [0.15, 0.2) is 182 Å². The highest BCUT2D eigenvalue weighted by molar-refractivity contribution is 5.99. The van der Waals surface area contributed by atoms with Crippen molar-refractivity contribution in [3.8, 4) is 33.4 Å². The van der Waals surface area contributed by atoms with Crippen molar-refractivity contribution in [1.29, 1.82) is 0 Å². The second-order valence-corrected chi connectivity index (χ2v) is 14.9. The molecule has 0 saturated carbocycles. The van der Waals surface area contributed by atoms with Gasteiger partial charge in [0.15, 0.2) is 0 Å². The van der Waals surface area contributed by atoms with Crippen molar-refractivity contribution in [2.24, 2.45) is 0 Å². The molecule has 1 aliphatic carbocycles. The third kappa shape index (κ3) is 5.25. The van der Waals surface area contributed by atoms with Gasteiger partial charge in [-0.25, -0.2) is 0 Å². The van der Waals surface area contributed by atoms with E-state index in [9.17, 15) is 0 Å². The lowest BCUT2D eigenvalue weighted by atomic mass is 9.82. The Hall–Kier alpha value is -6.38. The largest absolute Gasteiger partial charge is 0.341 e. The number of hydrogen-bond donors (Lipinski definition) is 0. The van der Waals surface area contributed by atoms with Gasteiger partial charge in [0.05, 0.1) is 5.69 Å². The van der Waals surface area contributed by atoms with E-state index in [-0.39, 0.29) is 5.41 Å². The van der Waals surface area contributed by atoms with Crippen LogP contribution in [0.1, 0.15) is 30.5 Å². The van der Waals surface area contributed by atoms with E-state index in [0.29, 0.717) is 0 Å². The third-order valence-corrected chi connectivity index (χ3v) is 11.6. The quantitative estimate of drug-likeness (QED) is 0.172. The minimum Gasteiger partial charge on any atom is -0.341 e. The van der Waals surface area contributed by atoms with Crippen molar-refractivity contribution in [3.63, 3.8) is 0 Å². The molecule has 8 aromatic rings. The van der Waals surface area contributed by atoms with Crippen LogP contribution < -0.4 is 9.80 Å². The first-order valence-corrected chi connectivity index (χ1v) is 18.7. The number of fused-ring (bicyclic) bond motifs is 5. The van der Waals surface area contributed by atoms with Crippen LogP contribution in [-0.4, -0.2) is 6.54 Å². The summed E-state index contributed by atoms with van der Waals surface area (Å²) in [5.74, 6) is 0. The Labute approximate surface area is 312 Å². The van der Waals surface area contributed by atoms with Crippen molar-refractivity contribution in [1.82, 2.24) is 0 Å². The van der Waals surface area contributed by atoms with E-state index in [0.717, 1.165) is 18.7 Å². The molecule has 2 nitrogen and oxygen atoms in total. The molecule has 0 fully saturated rings. The van der Waals surface area contributed by atoms with Crippen molar-refractivity contribution >= 4 is 39.2 Å². The first-order valence-electron chi connectivity index (χ1n) is 18.7. The first-order chi connectivity index (χ1) is 26.0. The average molecular weight is 681 g/mol. The maximum Gasteiger partial charge on any atom is 0.0540 e. The highest BCUT2D eigenvalue weighted by Crippen LogP contribution is 2.51. The standard InChI is InChI=1S/C51H40N2/c1-51(2)47-17-9-8-16-45(47)46-29-28-43(34-48(46)51)53(50-18-10-14-38-13-6-7-15-44(38)50)42-26-21-37(22-27-42)36-19-24-41(25-20-36)52-32-31-40-33-39(23-30-49(40)52)35-11-4-3-5-12-35/h3-30,33-34H,31-32H2,1-2H3. The van der Waals surface area contributed by atoms with E-state index in [2.05, 4.69) is 206 Å². The Bertz CT molecular complexity index is 2630. The molecule has 0 unspecified atom stereocenters. The Morgan fingerprint density at radius 1 is 0.491 bits per heavy atom. The Morgan fingerprint density at radius 3 is 1.96 bits per heavy atom. The maximum absolute atomic E-state index is 2.45. The van der Waals surface area contributed by atoms with Crippen molar-refractivity contribution in [3.05, 3.63) is 199 Å². The molecule has 2 aliphatic rings. The Balaban J connectivity index is 0.982. The van der Waals surface area contributed by atoms with Gasteiger partial charge in [-0.3, -0.25) is 0 Å². The van der Waals surface area contributed by atoms with E-state index in [1.54, 1.807) is 0 Å². The smallest absolute Gasteiger partial charge is 0.0540 e. The molecule has 10 rings (SSSR count). The predicted octanol–water partition coefficient (Wildman–Crippen LogP) is 13.6. The molecule has 2 heteroatoms. The molecule has 0 N–H and O–H groups in total. The zero-order valence-electron chi connectivity index (χ0n) is 30.1. The van der Waals surface area contributed by atoms with Crippen molar-refractivity contribution in [2.75, 3.05) is 16.3 Å². The highest BCUT2D eigenvalue weighted by atomic mass is 15.2. The molecule has 0 spiro atoms. The second kappa shape index (κ2) is 12.4. The van der Waals surface area contributed by atoms with Crippen molar-refractivity contribution < 1.29 is 0 Å². The minimum absolute atomic E-state index is 0.0787. The van der Waals surface area contributed by atoms with Gasteiger partial charge in [0.25, 0.3) is 0 Å². The number of rotatable bonds is 6. The van der Waals surface area contributed by atoms with Crippen LogP contribution in [0.4, 0.5) is 28.4 Å². The molecule has 8 aromatic carbocycles. The van der Waals surface area contributed by atoms with Gasteiger partial charge in [-0.2, -0.15) is 0 Å². The van der Waals surface area contributed by atoms with E-state index in [4.69, 9.17) is 0 Å². The summed E-state index contributed by atoms with van der Waals surface area (Å²) in [4.78, 5) is 4.89. The maximum atomic E-state index is 2.45. The topological polar surface area (TPSA) is 6.48 Å². The van der Waals surface area contributed by atoms with Crippen molar-refractivity contribution in [2.45, 2.75) is 25.7 Å². The molecule has 254 valence electrons. The molecule has 1 aliphatic heterocycles. The molecule has 0 radical (unpaired) electrons. The van der Waals surface area contributed by atoms with E-state index < -0.39 is 0 Å². The van der Waals surface area contributed by atoms with Gasteiger partial charge >= 0.3 is 0 Å². The molecule has 53 heavy (non-hydrogen) atoms. The number of nitrogens with zero attached hydrogens (tertiary/aromatic N) is 2. The van der Waals surface area contributed by atoms with E-state index in [1.807, 2.05) is 0 Å². The molecule has 1 heterocycles. The average Bonchev–Trinajstić information content (AvgIpc) is 3.74. The summed E-state index contributed by atoms with van der Waals surface area (Å²) in [7, 11) is 0. The first kappa shape index (κ1) is 31.4. The summed E-state index contributed by atoms with van der Waals surface area (Å²) in [6.45, 7) is 5.71. The minimum atomic E-state index is -0.0787. The highest BCUT2D eigenvalue weighted by Gasteiger charge is 2.35. The Morgan fingerprint density at radius 2 is 1.13 bits per heavy atom. The van der Waals surface area contributed by atoms with Crippen LogP contribution >= 0.6 is 0 Å². The van der Waals surface area contributed by atoms with Crippen LogP contribution in [0, 0.1) is 0 Å². The van der Waals surface area contributed by atoms with E-state index in [1.165, 1.54) is 83.6 Å². The van der Waals surface area contributed by atoms with Gasteiger partial charge in [0, 0.05) is 40.1 Å². The van der Waals surface area contributed by atoms with Gasteiger partial charge in [0.2, 0.25) is 0 Å². The molecular weight excluding hydrogens is 641 g/mol. The lowest BCUT2D eigenvalue weighted by molar-refractivity contribution is 0.660. The number of hydrogen-bond acceptors (Lipinski definition) is 2. The molecule has 0 amide bonds. The van der Waals surface area contributed by atoms with Gasteiger partial charge < -0.3 is 9.80 Å². The van der Waals surface area contributed by atoms with Gasteiger partial charge in [0.1, 0.15) is 0 Å². The predicted molar refractivity (Wildman–Crippen MR) is 224 cm³/mol. The summed E-state index contributed by atoms with van der Waals surface area (Å²) >= 11 is 0. The summed E-state index contributed by atoms with van der Waals surface area (Å²) in [6, 6.07) is 67.0. The number of anilines is 5. The monoisotopic (exact) mass is 680 g/mol. The third-order valence-electron chi connectivity index (χ3n) is 11.6. The van der Waals surface area contributed by atoms with E-state index >= 15 is 0 Å². The molecule has 0 aromatic heterocycles. The molecule has 0 atom stereocenters. The van der Waals surface area contributed by atoms with Crippen LogP contribution in [0.25, 0.3) is 44.2 Å². The van der Waals surface area contributed by atoms with Gasteiger partial charge in [-0.1, -0.05) is 141 Å². The SMILES string of the molecule is CC1(C)c2ccccc2-c2ccc(N(c3ccc(-c4ccc(N5CCc6cc(-c7ccccc7)ccc65)cc4)cc3)c3cccc4ccccc34)cc21. The zero-order chi connectivity index (χ0) is 35.5. The fraction of sp³-hybridized carbons (Fsp3) is 0.0980. The fourth-order valence-electron chi connectivity index (χ4n) is 8.78. The Kier molecular flexibility index (Phi) is 7.33. The molecule has 0 bridgehead atoms. The lowest BCUT2D eigenvalue weighted by Gasteiger charge is -2.29. The molecular formula is C51H40N2. The summed E-state index contributed by atoms with van der Waals surface area (Å²) in [6.07, 6.45) is 1.06. The second-order valence-electron chi connectivity index (χ2n) is 14.9. The van der Waals surface area contributed by atoms with Gasteiger partial charge in [-0.15, -0.1) is 0 Å². The summed E-state index contributed by atoms with van der Waals surface area (Å²) in [5.41, 5.74) is 17.8. The lowest BCUT2D eigenvalue weighted by Crippen LogP contribution is -2.16. The summed E-state index contributed by atoms with van der Waals surface area (Å²) < 4.78 is 0. The normalized spacial score (nSPS) is 13.8. The number of benzene rings is 8. The van der Waals surface area contributed by atoms with Crippen LogP contribution in [0.3, 0.4) is 0 Å². The fourth-order valence-corrected chi connectivity index (χ4v) is 8.78. The molecule has 0 saturated heterocycles. The summed E-state index contributed by atoms with van der Waals surface area (Å²) in [5, 5.41) is 2.47.